The van der Waals surface area contributed by atoms with Crippen LogP contribution in [0.15, 0.2) is 48.5 Å². The Kier molecular flexibility index (Phi) is 2.49. The fraction of sp³-hybridized carbons (Fsp3) is 0.235. The van der Waals surface area contributed by atoms with Gasteiger partial charge >= 0.3 is 5.97 Å². The lowest BCUT2D eigenvalue weighted by molar-refractivity contribution is -0.150. The summed E-state index contributed by atoms with van der Waals surface area (Å²) in [6.07, 6.45) is -0.716. The molecule has 0 radical (unpaired) electrons. The molecule has 2 aliphatic rings. The summed E-state index contributed by atoms with van der Waals surface area (Å²) in [7, 11) is 0. The molecule has 2 heterocycles. The first-order valence-electron chi connectivity index (χ1n) is 7.01. The second kappa shape index (κ2) is 4.16. The normalized spacial score (nSPS) is 26.8. The van der Waals surface area contributed by atoms with E-state index >= 15 is 0 Å². The smallest absolute Gasteiger partial charge is 0.335 e. The maximum Gasteiger partial charge on any atom is 0.335 e. The van der Waals surface area contributed by atoms with Crippen molar-refractivity contribution < 1.29 is 15.0 Å². The van der Waals surface area contributed by atoms with Gasteiger partial charge in [0.2, 0.25) is 0 Å². The van der Waals surface area contributed by atoms with Crippen LogP contribution in [-0.4, -0.2) is 22.3 Å². The van der Waals surface area contributed by atoms with Gasteiger partial charge in [0.15, 0.2) is 6.10 Å². The number of aliphatic hydroxyl groups excluding tert-OH is 1. The molecule has 0 spiro atoms. The van der Waals surface area contributed by atoms with Crippen LogP contribution >= 0.6 is 0 Å². The average Bonchev–Trinajstić information content (AvgIpc) is 2.78. The molecule has 4 heteroatoms. The Hall–Kier alpha value is -2.17. The summed E-state index contributed by atoms with van der Waals surface area (Å²) in [5, 5.41) is 23.2. The van der Waals surface area contributed by atoms with Gasteiger partial charge in [-0.25, -0.2) is 4.79 Å². The lowest BCUT2D eigenvalue weighted by Gasteiger charge is -2.39. The van der Waals surface area contributed by atoms with Crippen LogP contribution in [0.5, 0.6) is 0 Å². The van der Waals surface area contributed by atoms with Gasteiger partial charge in [0.05, 0.1) is 0 Å². The fourth-order valence-electron chi connectivity index (χ4n) is 3.84. The molecule has 2 aliphatic heterocycles. The maximum absolute atomic E-state index is 11.5. The van der Waals surface area contributed by atoms with Crippen LogP contribution in [0, 0.1) is 0 Å². The molecule has 0 aromatic heterocycles. The summed E-state index contributed by atoms with van der Waals surface area (Å²) in [5.41, 5.74) is 2.85. The predicted molar refractivity (Wildman–Crippen MR) is 76.9 cm³/mol. The van der Waals surface area contributed by atoms with Crippen LogP contribution in [0.25, 0.3) is 0 Å². The number of rotatable bonds is 2. The van der Waals surface area contributed by atoms with E-state index in [9.17, 15) is 15.0 Å². The van der Waals surface area contributed by atoms with Crippen molar-refractivity contribution in [3.8, 4) is 0 Å². The fourth-order valence-corrected chi connectivity index (χ4v) is 3.84. The standard InChI is InChI=1S/C17H15NO3/c19-15(16(20)21)17-12-7-3-1-5-10(12)9-14(18-17)11-6-2-4-8-13(11)17/h1-8,14-15,18-19H,9H2,(H,20,21)/t14?,15?,17-/m0/s1. The minimum Gasteiger partial charge on any atom is -0.479 e. The van der Waals surface area contributed by atoms with Crippen LogP contribution in [0.2, 0.25) is 0 Å². The Morgan fingerprint density at radius 2 is 1.81 bits per heavy atom. The summed E-state index contributed by atoms with van der Waals surface area (Å²) in [4.78, 5) is 11.5. The minimum absolute atomic E-state index is 0.0464. The van der Waals surface area contributed by atoms with Crippen molar-refractivity contribution in [2.75, 3.05) is 0 Å². The number of carbonyl (C=O) groups is 1. The quantitative estimate of drug-likeness (QED) is 0.781. The summed E-state index contributed by atoms with van der Waals surface area (Å²) in [6.45, 7) is 0. The minimum atomic E-state index is -1.52. The Bertz CT molecular complexity index is 729. The van der Waals surface area contributed by atoms with E-state index in [1.807, 2.05) is 48.5 Å². The molecule has 2 aromatic rings. The van der Waals surface area contributed by atoms with Gasteiger partial charge in [0.1, 0.15) is 5.54 Å². The van der Waals surface area contributed by atoms with Gasteiger partial charge in [-0.1, -0.05) is 48.5 Å². The number of hydrogen-bond acceptors (Lipinski definition) is 3. The summed E-state index contributed by atoms with van der Waals surface area (Å²) in [6, 6.07) is 15.6. The van der Waals surface area contributed by atoms with E-state index in [1.54, 1.807) is 0 Å². The molecule has 2 aromatic carbocycles. The van der Waals surface area contributed by atoms with E-state index in [-0.39, 0.29) is 6.04 Å². The van der Waals surface area contributed by atoms with Gasteiger partial charge in [-0.05, 0) is 28.7 Å². The molecule has 3 N–H and O–H groups in total. The largest absolute Gasteiger partial charge is 0.479 e. The van der Waals surface area contributed by atoms with Crippen molar-refractivity contribution in [1.29, 1.82) is 0 Å². The third kappa shape index (κ3) is 1.49. The number of carboxylic acid groups (broad SMARTS) is 1. The molecule has 0 fully saturated rings. The number of aliphatic carboxylic acids is 1. The molecule has 0 saturated carbocycles. The Morgan fingerprint density at radius 1 is 1.14 bits per heavy atom. The number of fused-ring (bicyclic) bond motifs is 7. The zero-order chi connectivity index (χ0) is 14.6. The first kappa shape index (κ1) is 12.6. The maximum atomic E-state index is 11.5. The van der Waals surface area contributed by atoms with E-state index in [0.29, 0.717) is 0 Å². The highest BCUT2D eigenvalue weighted by molar-refractivity contribution is 5.77. The molecule has 4 rings (SSSR count). The number of hydrogen-bond donors (Lipinski definition) is 3. The predicted octanol–water partition coefficient (Wildman–Crippen LogP) is 1.58. The summed E-state index contributed by atoms with van der Waals surface area (Å²) >= 11 is 0. The van der Waals surface area contributed by atoms with E-state index in [0.717, 1.165) is 28.7 Å². The van der Waals surface area contributed by atoms with Crippen LogP contribution in [-0.2, 0) is 16.8 Å². The van der Waals surface area contributed by atoms with Gasteiger partial charge in [0.25, 0.3) is 0 Å². The van der Waals surface area contributed by atoms with Crippen LogP contribution in [0.4, 0.5) is 0 Å². The molecule has 0 saturated heterocycles. The highest BCUT2D eigenvalue weighted by Crippen LogP contribution is 2.50. The zero-order valence-corrected chi connectivity index (χ0v) is 11.3. The average molecular weight is 281 g/mol. The van der Waals surface area contributed by atoms with E-state index in [1.165, 1.54) is 0 Å². The van der Waals surface area contributed by atoms with E-state index in [4.69, 9.17) is 0 Å². The van der Waals surface area contributed by atoms with Gasteiger partial charge in [-0.3, -0.25) is 5.32 Å². The first-order valence-corrected chi connectivity index (χ1v) is 7.01. The molecule has 2 bridgehead atoms. The summed E-state index contributed by atoms with van der Waals surface area (Å²) in [5.74, 6) is -1.21. The van der Waals surface area contributed by atoms with Crippen LogP contribution in [0.3, 0.4) is 0 Å². The second-order valence-electron chi connectivity index (χ2n) is 5.69. The van der Waals surface area contributed by atoms with Crippen LogP contribution in [0.1, 0.15) is 28.3 Å². The Morgan fingerprint density at radius 3 is 2.57 bits per heavy atom. The van der Waals surface area contributed by atoms with Crippen molar-refractivity contribution in [3.05, 3.63) is 70.8 Å². The van der Waals surface area contributed by atoms with Crippen molar-refractivity contribution in [1.82, 2.24) is 5.32 Å². The number of benzene rings is 2. The second-order valence-corrected chi connectivity index (χ2v) is 5.69. The molecule has 3 atom stereocenters. The highest BCUT2D eigenvalue weighted by Gasteiger charge is 2.55. The molecule has 2 unspecified atom stereocenters. The first-order chi connectivity index (χ1) is 10.1. The van der Waals surface area contributed by atoms with E-state index < -0.39 is 17.6 Å². The highest BCUT2D eigenvalue weighted by atomic mass is 16.4. The molecule has 0 amide bonds. The molecule has 0 aliphatic carbocycles. The lowest BCUT2D eigenvalue weighted by Crippen LogP contribution is -2.55. The molecule has 106 valence electrons. The zero-order valence-electron chi connectivity index (χ0n) is 11.3. The molecule has 21 heavy (non-hydrogen) atoms. The van der Waals surface area contributed by atoms with Gasteiger partial charge < -0.3 is 10.2 Å². The lowest BCUT2D eigenvalue weighted by atomic mass is 9.76. The van der Waals surface area contributed by atoms with Gasteiger partial charge in [-0.2, -0.15) is 0 Å². The van der Waals surface area contributed by atoms with Crippen molar-refractivity contribution in [2.45, 2.75) is 24.1 Å². The Balaban J connectivity index is 2.05. The number of nitrogens with one attached hydrogen (secondary N) is 1. The summed E-state index contributed by atoms with van der Waals surface area (Å²) < 4.78 is 0. The number of carboxylic acids is 1. The Labute approximate surface area is 122 Å². The SMILES string of the molecule is O=C(O)C(O)[C@]12NC(Cc3ccccc31)c1ccccc12. The topological polar surface area (TPSA) is 69.6 Å². The molecular formula is C17H15NO3. The number of aliphatic hydroxyl groups is 1. The third-order valence-electron chi connectivity index (χ3n) is 4.67. The van der Waals surface area contributed by atoms with Crippen molar-refractivity contribution in [3.63, 3.8) is 0 Å². The van der Waals surface area contributed by atoms with Crippen LogP contribution < -0.4 is 5.32 Å². The monoisotopic (exact) mass is 281 g/mol. The van der Waals surface area contributed by atoms with E-state index in [2.05, 4.69) is 5.32 Å². The van der Waals surface area contributed by atoms with Crippen molar-refractivity contribution in [2.24, 2.45) is 0 Å². The molecular weight excluding hydrogens is 266 g/mol. The van der Waals surface area contributed by atoms with Gasteiger partial charge in [0, 0.05) is 6.04 Å². The van der Waals surface area contributed by atoms with Gasteiger partial charge in [-0.15, -0.1) is 0 Å². The third-order valence-corrected chi connectivity index (χ3v) is 4.67. The molecule has 4 nitrogen and oxygen atoms in total. The van der Waals surface area contributed by atoms with Crippen molar-refractivity contribution >= 4 is 5.97 Å².